The van der Waals surface area contributed by atoms with Gasteiger partial charge in [-0.25, -0.2) is 4.99 Å². The van der Waals surface area contributed by atoms with Gasteiger partial charge in [0.2, 0.25) is 0 Å². The van der Waals surface area contributed by atoms with Crippen LogP contribution in [0.3, 0.4) is 0 Å². The SMILES string of the molecule is C=NC=NC(=N)C(CNC(CC)CCCC)=C(N)c1ccc(Cc2ccccc2)cc1. The van der Waals surface area contributed by atoms with E-state index in [9.17, 15) is 0 Å². The molecule has 0 aliphatic heterocycles. The third-order valence-corrected chi connectivity index (χ3v) is 5.36. The van der Waals surface area contributed by atoms with Gasteiger partial charge in [-0.3, -0.25) is 10.4 Å². The number of hydrogen-bond donors (Lipinski definition) is 3. The van der Waals surface area contributed by atoms with E-state index in [1.54, 1.807) is 0 Å². The van der Waals surface area contributed by atoms with Crippen LogP contribution in [0, 0.1) is 5.41 Å². The molecule has 1 atom stereocenters. The number of aliphatic imine (C=N–C) groups is 2. The third-order valence-electron chi connectivity index (χ3n) is 5.36. The van der Waals surface area contributed by atoms with Crippen LogP contribution in [-0.4, -0.2) is 31.5 Å². The molecule has 1 unspecified atom stereocenters. The molecule has 2 aromatic rings. The summed E-state index contributed by atoms with van der Waals surface area (Å²) in [5.74, 6) is 0.108. The van der Waals surface area contributed by atoms with Gasteiger partial charge in [0.15, 0.2) is 5.84 Å². The molecule has 4 N–H and O–H groups in total. The highest BCUT2D eigenvalue weighted by atomic mass is 14.9. The van der Waals surface area contributed by atoms with E-state index in [1.165, 1.54) is 30.3 Å². The highest BCUT2D eigenvalue weighted by molar-refractivity contribution is 6.06. The van der Waals surface area contributed by atoms with Gasteiger partial charge >= 0.3 is 0 Å². The normalized spacial score (nSPS) is 13.1. The molecular weight excluding hydrogens is 382 g/mol. The first kappa shape index (κ1) is 24.2. The molecule has 0 aromatic heterocycles. The molecule has 0 aliphatic rings. The molecule has 0 heterocycles. The number of nitrogens with zero attached hydrogens (tertiary/aromatic N) is 2. The third kappa shape index (κ3) is 7.95. The molecule has 0 spiro atoms. The van der Waals surface area contributed by atoms with Crippen LogP contribution in [-0.2, 0) is 6.42 Å². The summed E-state index contributed by atoms with van der Waals surface area (Å²) >= 11 is 0. The Labute approximate surface area is 186 Å². The van der Waals surface area contributed by atoms with Crippen molar-refractivity contribution < 1.29 is 0 Å². The van der Waals surface area contributed by atoms with Gasteiger partial charge in [0.25, 0.3) is 0 Å². The van der Waals surface area contributed by atoms with Crippen molar-refractivity contribution in [3.8, 4) is 0 Å². The van der Waals surface area contributed by atoms with Crippen LogP contribution in [0.15, 0.2) is 70.2 Å². The Balaban J connectivity index is 2.22. The first-order valence-electron chi connectivity index (χ1n) is 11.0. The zero-order valence-corrected chi connectivity index (χ0v) is 18.8. The maximum absolute atomic E-state index is 8.40. The summed E-state index contributed by atoms with van der Waals surface area (Å²) < 4.78 is 0. The van der Waals surface area contributed by atoms with E-state index in [2.05, 4.69) is 72.3 Å². The minimum Gasteiger partial charge on any atom is -0.398 e. The highest BCUT2D eigenvalue weighted by Gasteiger charge is 2.14. The van der Waals surface area contributed by atoms with E-state index >= 15 is 0 Å². The topological polar surface area (TPSA) is 86.6 Å². The molecule has 5 nitrogen and oxygen atoms in total. The van der Waals surface area contributed by atoms with Gasteiger partial charge in [-0.15, -0.1) is 0 Å². The average Bonchev–Trinajstić information content (AvgIpc) is 2.80. The second-order valence-electron chi connectivity index (χ2n) is 7.66. The van der Waals surface area contributed by atoms with Crippen molar-refractivity contribution in [1.29, 1.82) is 5.41 Å². The number of unbranched alkanes of at least 4 members (excludes halogenated alkanes) is 1. The molecule has 5 heteroatoms. The fraction of sp³-hybridized carbons (Fsp3) is 0.346. The van der Waals surface area contributed by atoms with Crippen molar-refractivity contribution in [2.75, 3.05) is 6.54 Å². The van der Waals surface area contributed by atoms with Crippen molar-refractivity contribution in [3.63, 3.8) is 0 Å². The van der Waals surface area contributed by atoms with Gasteiger partial charge in [0, 0.05) is 23.9 Å². The smallest absolute Gasteiger partial charge is 0.152 e. The van der Waals surface area contributed by atoms with E-state index < -0.39 is 0 Å². The number of amidine groups is 1. The molecule has 2 rings (SSSR count). The fourth-order valence-corrected chi connectivity index (χ4v) is 3.44. The summed E-state index contributed by atoms with van der Waals surface area (Å²) in [5.41, 5.74) is 11.1. The van der Waals surface area contributed by atoms with Crippen LogP contribution in [0.4, 0.5) is 0 Å². The minimum atomic E-state index is 0.108. The van der Waals surface area contributed by atoms with Crippen LogP contribution in [0.25, 0.3) is 5.70 Å². The van der Waals surface area contributed by atoms with Gasteiger partial charge in [-0.2, -0.15) is 0 Å². The van der Waals surface area contributed by atoms with Crippen LogP contribution in [0.5, 0.6) is 0 Å². The molecule has 0 fully saturated rings. The van der Waals surface area contributed by atoms with Gasteiger partial charge in [0.1, 0.15) is 6.34 Å². The number of hydrogen-bond acceptors (Lipinski definition) is 3. The largest absolute Gasteiger partial charge is 0.398 e. The van der Waals surface area contributed by atoms with E-state index in [1.807, 2.05) is 18.2 Å². The highest BCUT2D eigenvalue weighted by Crippen LogP contribution is 2.18. The monoisotopic (exact) mass is 417 g/mol. The first-order valence-corrected chi connectivity index (χ1v) is 11.0. The maximum atomic E-state index is 8.40. The molecular formula is C26H35N5. The molecule has 0 saturated carbocycles. The van der Waals surface area contributed by atoms with Gasteiger partial charge < -0.3 is 11.1 Å². The van der Waals surface area contributed by atoms with E-state index in [0.29, 0.717) is 23.9 Å². The van der Waals surface area contributed by atoms with E-state index in [-0.39, 0.29) is 5.84 Å². The summed E-state index contributed by atoms with van der Waals surface area (Å²) in [6.45, 7) is 8.27. The van der Waals surface area contributed by atoms with Crippen molar-refractivity contribution >= 4 is 24.6 Å². The molecule has 2 aromatic carbocycles. The lowest BCUT2D eigenvalue weighted by molar-refractivity contribution is 0.471. The van der Waals surface area contributed by atoms with Crippen molar-refractivity contribution in [2.45, 2.75) is 52.0 Å². The summed E-state index contributed by atoms with van der Waals surface area (Å²) in [5, 5.41) is 12.0. The molecule has 0 aliphatic carbocycles. The van der Waals surface area contributed by atoms with Crippen molar-refractivity contribution in [3.05, 3.63) is 76.9 Å². The van der Waals surface area contributed by atoms with Crippen LogP contribution in [0.2, 0.25) is 0 Å². The number of nitrogens with two attached hydrogens (primary N) is 1. The van der Waals surface area contributed by atoms with E-state index in [4.69, 9.17) is 11.1 Å². The summed E-state index contributed by atoms with van der Waals surface area (Å²) in [4.78, 5) is 7.71. The predicted octanol–water partition coefficient (Wildman–Crippen LogP) is 5.21. The Morgan fingerprint density at radius 3 is 2.39 bits per heavy atom. The van der Waals surface area contributed by atoms with Crippen LogP contribution in [0.1, 0.15) is 56.2 Å². The molecule has 0 bridgehead atoms. The molecule has 31 heavy (non-hydrogen) atoms. The maximum Gasteiger partial charge on any atom is 0.152 e. The van der Waals surface area contributed by atoms with Crippen molar-refractivity contribution in [2.24, 2.45) is 15.7 Å². The lowest BCUT2D eigenvalue weighted by atomic mass is 10.0. The molecule has 0 saturated heterocycles. The Hall–Kier alpha value is -3.05. The fourth-order valence-electron chi connectivity index (χ4n) is 3.44. The quantitative estimate of drug-likeness (QED) is 0.327. The first-order chi connectivity index (χ1) is 15.1. The Morgan fingerprint density at radius 2 is 1.77 bits per heavy atom. The van der Waals surface area contributed by atoms with Crippen LogP contribution < -0.4 is 11.1 Å². The number of benzene rings is 2. The van der Waals surface area contributed by atoms with Gasteiger partial charge in [0.05, 0.1) is 0 Å². The van der Waals surface area contributed by atoms with Crippen LogP contribution >= 0.6 is 0 Å². The Bertz CT molecular complexity index is 882. The second kappa shape index (κ2) is 13.3. The standard InChI is InChI=1S/C26H35N5/c1-4-6-12-23(5-2)30-18-24(26(28)31-19-29-3)25(27)22-15-13-21(14-16-22)17-20-10-8-7-9-11-20/h7-11,13-16,19,23,28,30H,3-6,12,17-18,27H2,1-2H3. The van der Waals surface area contributed by atoms with Crippen molar-refractivity contribution in [1.82, 2.24) is 5.32 Å². The average molecular weight is 418 g/mol. The number of rotatable bonds is 12. The molecule has 164 valence electrons. The second-order valence-corrected chi connectivity index (χ2v) is 7.66. The zero-order chi connectivity index (χ0) is 22.5. The Morgan fingerprint density at radius 1 is 1.10 bits per heavy atom. The lowest BCUT2D eigenvalue weighted by Crippen LogP contribution is -2.32. The van der Waals surface area contributed by atoms with Gasteiger partial charge in [-0.05, 0) is 42.7 Å². The predicted molar refractivity (Wildman–Crippen MR) is 134 cm³/mol. The van der Waals surface area contributed by atoms with Gasteiger partial charge in [-0.1, -0.05) is 81.3 Å². The number of nitrogens with one attached hydrogen (secondary N) is 2. The summed E-state index contributed by atoms with van der Waals surface area (Å²) in [7, 11) is 0. The van der Waals surface area contributed by atoms with E-state index in [0.717, 1.165) is 24.8 Å². The lowest BCUT2D eigenvalue weighted by Gasteiger charge is -2.19. The summed E-state index contributed by atoms with van der Waals surface area (Å²) in [6, 6.07) is 19.0. The summed E-state index contributed by atoms with van der Waals surface area (Å²) in [6.07, 6.45) is 6.65. The molecule has 0 amide bonds. The minimum absolute atomic E-state index is 0.108. The molecule has 0 radical (unpaired) electrons. The zero-order valence-electron chi connectivity index (χ0n) is 18.8. The Kier molecular flexibility index (Phi) is 10.4.